The molecule has 0 unspecified atom stereocenters. The molecular formula is C21H27N3O3. The minimum Gasteiger partial charge on any atom is -0.493 e. The number of anilines is 1. The molecule has 1 amide bonds. The fourth-order valence-corrected chi connectivity index (χ4v) is 2.50. The predicted molar refractivity (Wildman–Crippen MR) is 109 cm³/mol. The minimum absolute atomic E-state index is 0.322. The van der Waals surface area contributed by atoms with Crippen molar-refractivity contribution in [2.75, 3.05) is 19.5 Å². The molecule has 0 atom stereocenters. The van der Waals surface area contributed by atoms with Crippen LogP contribution in [0.1, 0.15) is 48.5 Å². The molecule has 0 aliphatic carbocycles. The summed E-state index contributed by atoms with van der Waals surface area (Å²) in [6, 6.07) is 12.2. The number of amides is 1. The van der Waals surface area contributed by atoms with E-state index in [1.165, 1.54) is 12.8 Å². The van der Waals surface area contributed by atoms with E-state index in [0.717, 1.165) is 18.4 Å². The summed E-state index contributed by atoms with van der Waals surface area (Å²) in [5.74, 6) is 1.02. The number of nitrogen functional groups attached to an aromatic ring is 1. The lowest BCUT2D eigenvalue weighted by Crippen LogP contribution is -2.17. The Hall–Kier alpha value is -3.02. The van der Waals surface area contributed by atoms with Gasteiger partial charge in [0.15, 0.2) is 11.5 Å². The van der Waals surface area contributed by atoms with Crippen LogP contribution in [0.3, 0.4) is 0 Å². The highest BCUT2D eigenvalue weighted by Crippen LogP contribution is 2.27. The van der Waals surface area contributed by atoms with Crippen LogP contribution in [0.2, 0.25) is 0 Å². The van der Waals surface area contributed by atoms with Crippen molar-refractivity contribution in [1.82, 2.24) is 5.43 Å². The number of unbranched alkanes of at least 4 members (excludes halogenated alkanes) is 3. The molecule has 0 saturated carbocycles. The highest BCUT2D eigenvalue weighted by atomic mass is 16.5. The number of carbonyl (C=O) groups is 1. The van der Waals surface area contributed by atoms with Crippen LogP contribution in [0.25, 0.3) is 0 Å². The number of nitrogens with one attached hydrogen (secondary N) is 1. The Morgan fingerprint density at radius 3 is 2.74 bits per heavy atom. The molecule has 0 heterocycles. The zero-order valence-corrected chi connectivity index (χ0v) is 15.9. The summed E-state index contributed by atoms with van der Waals surface area (Å²) in [6.07, 6.45) is 6.16. The van der Waals surface area contributed by atoms with Crippen LogP contribution in [0.4, 0.5) is 5.69 Å². The van der Waals surface area contributed by atoms with Crippen molar-refractivity contribution >= 4 is 17.8 Å². The topological polar surface area (TPSA) is 85.9 Å². The van der Waals surface area contributed by atoms with Crippen molar-refractivity contribution in [3.05, 3.63) is 53.6 Å². The molecule has 0 bridgehead atoms. The van der Waals surface area contributed by atoms with Gasteiger partial charge < -0.3 is 15.2 Å². The molecule has 6 nitrogen and oxygen atoms in total. The summed E-state index contributed by atoms with van der Waals surface area (Å²) in [5, 5.41) is 3.99. The molecule has 2 rings (SSSR count). The number of nitrogens with two attached hydrogens (primary N) is 1. The SMILES string of the molecule is CCCCCCOc1ccc(/C=N\NC(=O)c2cccc(N)c2)cc1OC. The average Bonchev–Trinajstić information content (AvgIpc) is 2.68. The maximum atomic E-state index is 12.0. The van der Waals surface area contributed by atoms with Gasteiger partial charge in [0, 0.05) is 11.3 Å². The van der Waals surface area contributed by atoms with Gasteiger partial charge in [0.25, 0.3) is 5.91 Å². The fourth-order valence-electron chi connectivity index (χ4n) is 2.50. The summed E-state index contributed by atoms with van der Waals surface area (Å²) in [5.41, 5.74) is 9.93. The Morgan fingerprint density at radius 1 is 1.15 bits per heavy atom. The van der Waals surface area contributed by atoms with E-state index in [4.69, 9.17) is 15.2 Å². The van der Waals surface area contributed by atoms with Gasteiger partial charge in [-0.25, -0.2) is 5.43 Å². The Kier molecular flexibility index (Phi) is 8.16. The van der Waals surface area contributed by atoms with Crippen LogP contribution in [0.5, 0.6) is 11.5 Å². The molecule has 2 aromatic carbocycles. The summed E-state index contributed by atoms with van der Waals surface area (Å²) in [6.45, 7) is 2.85. The Bertz CT molecular complexity index is 775. The first-order chi connectivity index (χ1) is 13.1. The van der Waals surface area contributed by atoms with Crippen molar-refractivity contribution in [2.45, 2.75) is 32.6 Å². The summed E-state index contributed by atoms with van der Waals surface area (Å²) in [7, 11) is 1.60. The number of methoxy groups -OCH3 is 1. The molecule has 6 heteroatoms. The van der Waals surface area contributed by atoms with Crippen LogP contribution in [0.15, 0.2) is 47.6 Å². The van der Waals surface area contributed by atoms with E-state index in [1.807, 2.05) is 18.2 Å². The van der Waals surface area contributed by atoms with Gasteiger partial charge in [0.05, 0.1) is 19.9 Å². The van der Waals surface area contributed by atoms with Crippen molar-refractivity contribution in [1.29, 1.82) is 0 Å². The highest BCUT2D eigenvalue weighted by molar-refractivity contribution is 5.95. The molecule has 0 aromatic heterocycles. The zero-order valence-electron chi connectivity index (χ0n) is 15.9. The second-order valence-corrected chi connectivity index (χ2v) is 6.14. The third-order valence-corrected chi connectivity index (χ3v) is 3.97. The lowest BCUT2D eigenvalue weighted by atomic mass is 10.2. The molecular weight excluding hydrogens is 342 g/mol. The van der Waals surface area contributed by atoms with Gasteiger partial charge in [-0.1, -0.05) is 32.3 Å². The summed E-state index contributed by atoms with van der Waals surface area (Å²) in [4.78, 5) is 12.0. The van der Waals surface area contributed by atoms with Gasteiger partial charge >= 0.3 is 0 Å². The van der Waals surface area contributed by atoms with E-state index >= 15 is 0 Å². The maximum Gasteiger partial charge on any atom is 0.271 e. The van der Waals surface area contributed by atoms with Crippen LogP contribution < -0.4 is 20.6 Å². The van der Waals surface area contributed by atoms with Gasteiger partial charge in [-0.2, -0.15) is 5.10 Å². The number of hydrogen-bond acceptors (Lipinski definition) is 5. The van der Waals surface area contributed by atoms with Crippen molar-refractivity contribution in [2.24, 2.45) is 5.10 Å². The minimum atomic E-state index is -0.322. The number of nitrogens with zero attached hydrogens (tertiary/aromatic N) is 1. The molecule has 144 valence electrons. The lowest BCUT2D eigenvalue weighted by Gasteiger charge is -2.11. The van der Waals surface area contributed by atoms with E-state index in [0.29, 0.717) is 29.4 Å². The molecule has 3 N–H and O–H groups in total. The first kappa shape index (κ1) is 20.3. The monoisotopic (exact) mass is 369 g/mol. The third kappa shape index (κ3) is 6.66. The number of ether oxygens (including phenoxy) is 2. The first-order valence-corrected chi connectivity index (χ1v) is 9.13. The molecule has 2 aromatic rings. The second kappa shape index (κ2) is 10.9. The van der Waals surface area contributed by atoms with Crippen molar-refractivity contribution in [3.63, 3.8) is 0 Å². The molecule has 0 saturated heterocycles. The van der Waals surface area contributed by atoms with E-state index in [-0.39, 0.29) is 5.91 Å². The Balaban J connectivity index is 1.92. The smallest absolute Gasteiger partial charge is 0.271 e. The van der Waals surface area contributed by atoms with Crippen LogP contribution in [0, 0.1) is 0 Å². The number of hydrogen-bond donors (Lipinski definition) is 2. The van der Waals surface area contributed by atoms with E-state index in [2.05, 4.69) is 17.5 Å². The average molecular weight is 369 g/mol. The van der Waals surface area contributed by atoms with Gasteiger partial charge in [0.2, 0.25) is 0 Å². The normalized spacial score (nSPS) is 10.7. The van der Waals surface area contributed by atoms with E-state index < -0.39 is 0 Å². The molecule has 0 radical (unpaired) electrons. The van der Waals surface area contributed by atoms with Crippen LogP contribution in [-0.4, -0.2) is 25.8 Å². The molecule has 0 aliphatic heterocycles. The summed E-state index contributed by atoms with van der Waals surface area (Å²) < 4.78 is 11.2. The quantitative estimate of drug-likeness (QED) is 0.287. The largest absolute Gasteiger partial charge is 0.493 e. The van der Waals surface area contributed by atoms with Gasteiger partial charge in [-0.05, 0) is 48.4 Å². The molecule has 0 spiro atoms. The standard InChI is InChI=1S/C21H27N3O3/c1-3-4-5-6-12-27-19-11-10-16(13-20(19)26-2)15-23-24-21(25)17-8-7-9-18(22)14-17/h7-11,13-15H,3-6,12,22H2,1-2H3,(H,24,25)/b23-15-. The van der Waals surface area contributed by atoms with Crippen LogP contribution >= 0.6 is 0 Å². The van der Waals surface area contributed by atoms with Gasteiger partial charge in [-0.15, -0.1) is 0 Å². The fraction of sp³-hybridized carbons (Fsp3) is 0.333. The summed E-state index contributed by atoms with van der Waals surface area (Å²) >= 11 is 0. The highest BCUT2D eigenvalue weighted by Gasteiger charge is 2.06. The molecule has 0 fully saturated rings. The van der Waals surface area contributed by atoms with Crippen LogP contribution in [-0.2, 0) is 0 Å². The van der Waals surface area contributed by atoms with E-state index in [1.54, 1.807) is 37.6 Å². The number of rotatable bonds is 10. The van der Waals surface area contributed by atoms with Gasteiger partial charge in [-0.3, -0.25) is 4.79 Å². The van der Waals surface area contributed by atoms with Gasteiger partial charge in [0.1, 0.15) is 0 Å². The molecule has 0 aliphatic rings. The Labute approximate surface area is 160 Å². The van der Waals surface area contributed by atoms with Crippen molar-refractivity contribution < 1.29 is 14.3 Å². The molecule has 27 heavy (non-hydrogen) atoms. The number of hydrazone groups is 1. The number of benzene rings is 2. The first-order valence-electron chi connectivity index (χ1n) is 9.13. The maximum absolute atomic E-state index is 12.0. The van der Waals surface area contributed by atoms with Crippen molar-refractivity contribution in [3.8, 4) is 11.5 Å². The second-order valence-electron chi connectivity index (χ2n) is 6.14. The zero-order chi connectivity index (χ0) is 19.5. The lowest BCUT2D eigenvalue weighted by molar-refractivity contribution is 0.0955. The van der Waals surface area contributed by atoms with E-state index in [9.17, 15) is 4.79 Å². The predicted octanol–water partition coefficient (Wildman–Crippen LogP) is 4.00. The Morgan fingerprint density at radius 2 is 2.00 bits per heavy atom. The third-order valence-electron chi connectivity index (χ3n) is 3.97. The number of carbonyl (C=O) groups excluding carboxylic acids is 1.